The van der Waals surface area contributed by atoms with Gasteiger partial charge in [0.1, 0.15) is 23.1 Å². The summed E-state index contributed by atoms with van der Waals surface area (Å²) in [6.45, 7) is 0.625. The molecule has 0 aliphatic heterocycles. The smallest absolute Gasteiger partial charge is 0.127 e. The predicted molar refractivity (Wildman–Crippen MR) is 134 cm³/mol. The van der Waals surface area contributed by atoms with Gasteiger partial charge in [0.15, 0.2) is 0 Å². The van der Waals surface area contributed by atoms with E-state index in [-0.39, 0.29) is 5.82 Å². The molecule has 0 saturated heterocycles. The molecule has 0 bridgehead atoms. The first-order valence-electron chi connectivity index (χ1n) is 11.0. The topological polar surface area (TPSA) is 35.8 Å². The Hall–Kier alpha value is -4.38. The van der Waals surface area contributed by atoms with E-state index >= 15 is 0 Å². The average Bonchev–Trinajstić information content (AvgIpc) is 3.26. The fraction of sp³-hybridized carbons (Fsp3) is 0.0690. The van der Waals surface area contributed by atoms with Gasteiger partial charge in [0, 0.05) is 29.9 Å². The standard InChI is InChI=1S/C29H23FN2O2/c1-33-26-10-12-28(13-11-26)34-27-8-6-25(7-9-27)31-19-21-5-14-29-23(17-21)15-16-32(29)20-22-3-2-4-24(30)18-22/h2-19H,20H2,1H3. The molecular weight excluding hydrogens is 427 g/mol. The molecule has 1 aromatic heterocycles. The molecule has 0 fully saturated rings. The number of hydrogen-bond donors (Lipinski definition) is 0. The third kappa shape index (κ3) is 4.99. The summed E-state index contributed by atoms with van der Waals surface area (Å²) in [7, 11) is 1.64. The number of fused-ring (bicyclic) bond motifs is 1. The second-order valence-corrected chi connectivity index (χ2v) is 7.92. The highest BCUT2D eigenvalue weighted by Gasteiger charge is 2.04. The van der Waals surface area contributed by atoms with Gasteiger partial charge in [-0.1, -0.05) is 18.2 Å². The molecule has 0 N–H and O–H groups in total. The van der Waals surface area contributed by atoms with Crippen molar-refractivity contribution in [1.82, 2.24) is 4.57 Å². The van der Waals surface area contributed by atoms with E-state index in [1.807, 2.05) is 73.1 Å². The van der Waals surface area contributed by atoms with Crippen LogP contribution in [0.15, 0.2) is 108 Å². The van der Waals surface area contributed by atoms with Gasteiger partial charge in [-0.25, -0.2) is 4.39 Å². The number of aliphatic imine (C=N–C) groups is 1. The SMILES string of the molecule is COc1ccc(Oc2ccc(N=Cc3ccc4c(ccn4Cc4cccc(F)c4)c3)cc2)cc1. The molecule has 0 aliphatic carbocycles. The second kappa shape index (κ2) is 9.63. The number of hydrogen-bond acceptors (Lipinski definition) is 3. The van der Waals surface area contributed by atoms with Crippen molar-refractivity contribution >= 4 is 22.8 Å². The van der Waals surface area contributed by atoms with E-state index in [4.69, 9.17) is 9.47 Å². The third-order valence-corrected chi connectivity index (χ3v) is 5.53. The van der Waals surface area contributed by atoms with Crippen LogP contribution in [0.5, 0.6) is 17.2 Å². The summed E-state index contributed by atoms with van der Waals surface area (Å²) in [5.41, 5.74) is 3.88. The van der Waals surface area contributed by atoms with Gasteiger partial charge in [0.2, 0.25) is 0 Å². The number of halogens is 1. The fourth-order valence-corrected chi connectivity index (χ4v) is 3.80. The Morgan fingerprint density at radius 2 is 1.56 bits per heavy atom. The van der Waals surface area contributed by atoms with Crippen LogP contribution in [0.25, 0.3) is 10.9 Å². The molecule has 4 aromatic carbocycles. The molecule has 34 heavy (non-hydrogen) atoms. The van der Waals surface area contributed by atoms with Crippen LogP contribution in [0.3, 0.4) is 0 Å². The van der Waals surface area contributed by atoms with E-state index in [0.29, 0.717) is 6.54 Å². The zero-order valence-corrected chi connectivity index (χ0v) is 18.7. The Labute approximate surface area is 197 Å². The minimum absolute atomic E-state index is 0.215. The molecule has 0 aliphatic rings. The Balaban J connectivity index is 1.26. The van der Waals surface area contributed by atoms with Crippen molar-refractivity contribution in [2.45, 2.75) is 6.54 Å². The van der Waals surface area contributed by atoms with Crippen molar-refractivity contribution in [3.8, 4) is 17.2 Å². The molecule has 0 spiro atoms. The summed E-state index contributed by atoms with van der Waals surface area (Å²) in [4.78, 5) is 4.59. The van der Waals surface area contributed by atoms with Gasteiger partial charge in [-0.15, -0.1) is 0 Å². The monoisotopic (exact) mass is 450 g/mol. The predicted octanol–water partition coefficient (Wildman–Crippen LogP) is 7.38. The van der Waals surface area contributed by atoms with Crippen LogP contribution in [0, 0.1) is 5.82 Å². The normalized spacial score (nSPS) is 11.2. The zero-order chi connectivity index (χ0) is 23.3. The Morgan fingerprint density at radius 1 is 0.824 bits per heavy atom. The van der Waals surface area contributed by atoms with Gasteiger partial charge in [0.05, 0.1) is 12.8 Å². The number of nitrogens with zero attached hydrogens (tertiary/aromatic N) is 2. The van der Waals surface area contributed by atoms with E-state index < -0.39 is 0 Å². The van der Waals surface area contributed by atoms with Crippen molar-refractivity contribution in [3.05, 3.63) is 120 Å². The minimum Gasteiger partial charge on any atom is -0.497 e. The molecule has 5 aromatic rings. The Bertz CT molecular complexity index is 1440. The first-order chi connectivity index (χ1) is 16.7. The van der Waals surface area contributed by atoms with E-state index in [2.05, 4.69) is 27.8 Å². The van der Waals surface area contributed by atoms with Crippen LogP contribution >= 0.6 is 0 Å². The highest BCUT2D eigenvalue weighted by atomic mass is 19.1. The zero-order valence-electron chi connectivity index (χ0n) is 18.7. The van der Waals surface area contributed by atoms with Crippen molar-refractivity contribution in [2.24, 2.45) is 4.99 Å². The molecule has 0 radical (unpaired) electrons. The molecule has 0 unspecified atom stereocenters. The van der Waals surface area contributed by atoms with E-state index in [9.17, 15) is 4.39 Å². The first-order valence-corrected chi connectivity index (χ1v) is 11.0. The summed E-state index contributed by atoms with van der Waals surface area (Å²) in [6.07, 6.45) is 3.88. The van der Waals surface area contributed by atoms with Gasteiger partial charge in [0.25, 0.3) is 0 Å². The lowest BCUT2D eigenvalue weighted by Crippen LogP contribution is -1.98. The maximum Gasteiger partial charge on any atom is 0.127 e. The molecule has 168 valence electrons. The van der Waals surface area contributed by atoms with Crippen LogP contribution in [-0.4, -0.2) is 17.9 Å². The number of rotatable bonds is 7. The fourth-order valence-electron chi connectivity index (χ4n) is 3.80. The lowest BCUT2D eigenvalue weighted by Gasteiger charge is -2.07. The quantitative estimate of drug-likeness (QED) is 0.243. The largest absolute Gasteiger partial charge is 0.497 e. The maximum absolute atomic E-state index is 13.5. The lowest BCUT2D eigenvalue weighted by atomic mass is 10.1. The van der Waals surface area contributed by atoms with Gasteiger partial charge >= 0.3 is 0 Å². The molecular formula is C29H23FN2O2. The second-order valence-electron chi connectivity index (χ2n) is 7.92. The average molecular weight is 451 g/mol. The number of ether oxygens (including phenoxy) is 2. The van der Waals surface area contributed by atoms with Crippen molar-refractivity contribution in [3.63, 3.8) is 0 Å². The highest BCUT2D eigenvalue weighted by Crippen LogP contribution is 2.26. The van der Waals surface area contributed by atoms with Crippen LogP contribution in [0.1, 0.15) is 11.1 Å². The minimum atomic E-state index is -0.215. The van der Waals surface area contributed by atoms with E-state index in [1.165, 1.54) is 6.07 Å². The highest BCUT2D eigenvalue weighted by molar-refractivity contribution is 5.90. The summed E-state index contributed by atoms with van der Waals surface area (Å²) < 4.78 is 26.6. The molecule has 4 nitrogen and oxygen atoms in total. The van der Waals surface area contributed by atoms with Gasteiger partial charge in [-0.2, -0.15) is 0 Å². The molecule has 0 amide bonds. The summed E-state index contributed by atoms with van der Waals surface area (Å²) in [5, 5.41) is 1.11. The van der Waals surface area contributed by atoms with Crippen molar-refractivity contribution in [2.75, 3.05) is 7.11 Å². The third-order valence-electron chi connectivity index (χ3n) is 5.53. The van der Waals surface area contributed by atoms with Crippen molar-refractivity contribution in [1.29, 1.82) is 0 Å². The number of aromatic nitrogens is 1. The van der Waals surface area contributed by atoms with Gasteiger partial charge in [-0.3, -0.25) is 4.99 Å². The van der Waals surface area contributed by atoms with Crippen LogP contribution in [0.4, 0.5) is 10.1 Å². The summed E-state index contributed by atoms with van der Waals surface area (Å²) in [5.74, 6) is 2.06. The van der Waals surface area contributed by atoms with Crippen LogP contribution in [0.2, 0.25) is 0 Å². The first kappa shape index (κ1) is 21.5. The maximum atomic E-state index is 13.5. The van der Waals surface area contributed by atoms with Crippen LogP contribution in [-0.2, 0) is 6.54 Å². The molecule has 5 rings (SSSR count). The molecule has 1 heterocycles. The molecule has 0 atom stereocenters. The number of methoxy groups -OCH3 is 1. The Morgan fingerprint density at radius 3 is 2.29 bits per heavy atom. The molecule has 0 saturated carbocycles. The van der Waals surface area contributed by atoms with E-state index in [1.54, 1.807) is 19.2 Å². The molecule has 5 heteroatoms. The van der Waals surface area contributed by atoms with Gasteiger partial charge in [-0.05, 0) is 90.0 Å². The summed E-state index contributed by atoms with van der Waals surface area (Å²) >= 11 is 0. The van der Waals surface area contributed by atoms with Crippen molar-refractivity contribution < 1.29 is 13.9 Å². The lowest BCUT2D eigenvalue weighted by molar-refractivity contribution is 0.413. The Kier molecular flexibility index (Phi) is 6.08. The van der Waals surface area contributed by atoms with Gasteiger partial charge < -0.3 is 14.0 Å². The van der Waals surface area contributed by atoms with Crippen LogP contribution < -0.4 is 9.47 Å². The van der Waals surface area contributed by atoms with E-state index in [0.717, 1.165) is 45.0 Å². The summed E-state index contributed by atoms with van der Waals surface area (Å²) in [6, 6.07) is 30.1. The number of benzene rings is 4.